The van der Waals surface area contributed by atoms with Gasteiger partial charge in [-0.25, -0.2) is 0 Å². The molecule has 1 saturated heterocycles. The van der Waals surface area contributed by atoms with Crippen LogP contribution in [0.2, 0.25) is 5.15 Å². The number of rotatable bonds is 3. The van der Waals surface area contributed by atoms with E-state index in [0.717, 1.165) is 31.5 Å². The van der Waals surface area contributed by atoms with E-state index < -0.39 is 0 Å². The van der Waals surface area contributed by atoms with Gasteiger partial charge in [0, 0.05) is 18.7 Å². The summed E-state index contributed by atoms with van der Waals surface area (Å²) >= 11 is 6.11. The Morgan fingerprint density at radius 2 is 2.14 bits per heavy atom. The number of amides is 1. The maximum atomic E-state index is 12.4. The molecule has 0 aromatic carbocycles. The lowest BCUT2D eigenvalue weighted by Crippen LogP contribution is -2.40. The van der Waals surface area contributed by atoms with E-state index in [-0.39, 0.29) is 11.9 Å². The number of hydrogen-bond donors (Lipinski definition) is 1. The second-order valence-electron chi connectivity index (χ2n) is 5.25. The fourth-order valence-electron chi connectivity index (χ4n) is 2.55. The second kappa shape index (κ2) is 5.48. The Kier molecular flexibility index (Phi) is 3.67. The normalized spacial score (nSPS) is 16.4. The standard InChI is InChI=1S/C13H17ClN6O/c1-8-10(14)18-13-15-7-16-20(13)11(8)17-9(2)12(21)19-5-3-4-6-19/h7,9,17H,3-6H2,1-2H3. The lowest BCUT2D eigenvalue weighted by molar-refractivity contribution is -0.130. The maximum Gasteiger partial charge on any atom is 0.255 e. The van der Waals surface area contributed by atoms with E-state index in [9.17, 15) is 4.79 Å². The number of likely N-dealkylation sites (tertiary alicyclic amines) is 1. The highest BCUT2D eigenvalue weighted by atomic mass is 35.5. The number of nitrogens with zero attached hydrogens (tertiary/aromatic N) is 5. The van der Waals surface area contributed by atoms with Gasteiger partial charge in [-0.05, 0) is 26.7 Å². The van der Waals surface area contributed by atoms with Gasteiger partial charge in [0.05, 0.1) is 0 Å². The molecule has 1 unspecified atom stereocenters. The van der Waals surface area contributed by atoms with Crippen LogP contribution in [0.15, 0.2) is 6.33 Å². The monoisotopic (exact) mass is 308 g/mol. The SMILES string of the molecule is Cc1c(Cl)nc2ncnn2c1NC(C)C(=O)N1CCCC1. The van der Waals surface area contributed by atoms with Crippen molar-refractivity contribution >= 4 is 29.1 Å². The van der Waals surface area contributed by atoms with Crippen molar-refractivity contribution in [1.82, 2.24) is 24.5 Å². The summed E-state index contributed by atoms with van der Waals surface area (Å²) in [5, 5.41) is 7.69. The fraction of sp³-hybridized carbons (Fsp3) is 0.538. The molecule has 1 aliphatic rings. The summed E-state index contributed by atoms with van der Waals surface area (Å²) in [4.78, 5) is 22.4. The first kappa shape index (κ1) is 14.1. The zero-order valence-corrected chi connectivity index (χ0v) is 12.8. The minimum Gasteiger partial charge on any atom is -0.358 e. The molecule has 1 N–H and O–H groups in total. The van der Waals surface area contributed by atoms with Crippen LogP contribution < -0.4 is 5.32 Å². The summed E-state index contributed by atoms with van der Waals surface area (Å²) in [5.74, 6) is 1.16. The van der Waals surface area contributed by atoms with Crippen molar-refractivity contribution in [1.29, 1.82) is 0 Å². The minimum atomic E-state index is -0.354. The highest BCUT2D eigenvalue weighted by Crippen LogP contribution is 2.23. The Hall–Kier alpha value is -1.89. The molecule has 112 valence electrons. The summed E-state index contributed by atoms with van der Waals surface area (Å²) in [6.45, 7) is 5.35. The molecule has 8 heteroatoms. The summed E-state index contributed by atoms with van der Waals surface area (Å²) < 4.78 is 1.56. The lowest BCUT2D eigenvalue weighted by Gasteiger charge is -2.22. The van der Waals surface area contributed by atoms with Gasteiger partial charge in [0.25, 0.3) is 5.78 Å². The van der Waals surface area contributed by atoms with Crippen molar-refractivity contribution in [3.05, 3.63) is 17.0 Å². The van der Waals surface area contributed by atoms with Gasteiger partial charge >= 0.3 is 0 Å². The topological polar surface area (TPSA) is 75.4 Å². The van der Waals surface area contributed by atoms with Gasteiger partial charge in [0.1, 0.15) is 23.3 Å². The van der Waals surface area contributed by atoms with Crippen LogP contribution in [-0.4, -0.2) is 49.5 Å². The smallest absolute Gasteiger partial charge is 0.255 e. The molecule has 21 heavy (non-hydrogen) atoms. The second-order valence-corrected chi connectivity index (χ2v) is 5.60. The molecule has 0 spiro atoms. The third kappa shape index (κ3) is 2.53. The number of carbonyl (C=O) groups excluding carboxylic acids is 1. The molecule has 3 heterocycles. The van der Waals surface area contributed by atoms with E-state index >= 15 is 0 Å². The van der Waals surface area contributed by atoms with Crippen LogP contribution in [0.3, 0.4) is 0 Å². The van der Waals surface area contributed by atoms with Gasteiger partial charge in [0.15, 0.2) is 0 Å². The average Bonchev–Trinajstić information content (AvgIpc) is 3.13. The Morgan fingerprint density at radius 1 is 1.43 bits per heavy atom. The number of carbonyl (C=O) groups is 1. The predicted octanol–water partition coefficient (Wildman–Crippen LogP) is 1.51. The third-order valence-electron chi connectivity index (χ3n) is 3.75. The largest absolute Gasteiger partial charge is 0.358 e. The van der Waals surface area contributed by atoms with Crippen LogP contribution >= 0.6 is 11.6 Å². The number of aromatic nitrogens is 4. The molecule has 3 rings (SSSR count). The van der Waals surface area contributed by atoms with Gasteiger partial charge in [0.2, 0.25) is 5.91 Å². The number of anilines is 1. The van der Waals surface area contributed by atoms with E-state index in [2.05, 4.69) is 20.4 Å². The molecule has 0 radical (unpaired) electrons. The molecule has 1 atom stereocenters. The van der Waals surface area contributed by atoms with E-state index in [0.29, 0.717) is 16.7 Å². The van der Waals surface area contributed by atoms with E-state index in [4.69, 9.17) is 11.6 Å². The van der Waals surface area contributed by atoms with Crippen molar-refractivity contribution in [3.63, 3.8) is 0 Å². The Bertz CT molecular complexity index is 679. The summed E-state index contributed by atoms with van der Waals surface area (Å²) in [6, 6.07) is -0.354. The molecule has 7 nitrogen and oxygen atoms in total. The van der Waals surface area contributed by atoms with Crippen LogP contribution in [0, 0.1) is 6.92 Å². The molecule has 2 aromatic heterocycles. The summed E-state index contributed by atoms with van der Waals surface area (Å²) in [6.07, 6.45) is 3.56. The third-order valence-corrected chi connectivity index (χ3v) is 4.11. The van der Waals surface area contributed by atoms with Crippen LogP contribution in [0.25, 0.3) is 5.78 Å². The van der Waals surface area contributed by atoms with Gasteiger partial charge < -0.3 is 10.2 Å². The molecule has 1 amide bonds. The van der Waals surface area contributed by atoms with Gasteiger partial charge in [-0.3, -0.25) is 4.79 Å². The highest BCUT2D eigenvalue weighted by molar-refractivity contribution is 6.30. The van der Waals surface area contributed by atoms with Crippen LogP contribution in [0.5, 0.6) is 0 Å². The van der Waals surface area contributed by atoms with Gasteiger partial charge in [-0.15, -0.1) is 0 Å². The number of hydrogen-bond acceptors (Lipinski definition) is 5. The van der Waals surface area contributed by atoms with Crippen molar-refractivity contribution < 1.29 is 4.79 Å². The van der Waals surface area contributed by atoms with Crippen LogP contribution in [0.1, 0.15) is 25.3 Å². The summed E-state index contributed by atoms with van der Waals surface area (Å²) in [7, 11) is 0. The summed E-state index contributed by atoms with van der Waals surface area (Å²) in [5.41, 5.74) is 0.746. The Balaban J connectivity index is 1.88. The number of fused-ring (bicyclic) bond motifs is 1. The molecular formula is C13H17ClN6O. The molecule has 0 bridgehead atoms. The van der Waals surface area contributed by atoms with Crippen LogP contribution in [0.4, 0.5) is 5.82 Å². The Morgan fingerprint density at radius 3 is 2.86 bits per heavy atom. The predicted molar refractivity (Wildman–Crippen MR) is 79.4 cm³/mol. The van der Waals surface area contributed by atoms with E-state index in [1.807, 2.05) is 18.7 Å². The first-order valence-electron chi connectivity index (χ1n) is 6.99. The molecule has 1 aliphatic heterocycles. The number of halogens is 1. The lowest BCUT2D eigenvalue weighted by atomic mass is 10.2. The maximum absolute atomic E-state index is 12.4. The fourth-order valence-corrected chi connectivity index (χ4v) is 2.71. The first-order valence-corrected chi connectivity index (χ1v) is 7.37. The molecule has 0 saturated carbocycles. The van der Waals surface area contributed by atoms with Crippen LogP contribution in [-0.2, 0) is 4.79 Å². The average molecular weight is 309 g/mol. The molecule has 1 fully saturated rings. The van der Waals surface area contributed by atoms with Crippen molar-refractivity contribution in [2.45, 2.75) is 32.7 Å². The zero-order valence-electron chi connectivity index (χ0n) is 12.0. The van der Waals surface area contributed by atoms with Crippen molar-refractivity contribution in [3.8, 4) is 0 Å². The minimum absolute atomic E-state index is 0.0908. The van der Waals surface area contributed by atoms with E-state index in [1.165, 1.54) is 6.33 Å². The van der Waals surface area contributed by atoms with Crippen molar-refractivity contribution in [2.24, 2.45) is 0 Å². The zero-order chi connectivity index (χ0) is 15.0. The van der Waals surface area contributed by atoms with E-state index in [1.54, 1.807) is 4.52 Å². The molecule has 2 aromatic rings. The molecule has 0 aliphatic carbocycles. The number of nitrogens with one attached hydrogen (secondary N) is 1. The van der Waals surface area contributed by atoms with Gasteiger partial charge in [-0.1, -0.05) is 11.6 Å². The quantitative estimate of drug-likeness (QED) is 0.870. The van der Waals surface area contributed by atoms with Crippen molar-refractivity contribution in [2.75, 3.05) is 18.4 Å². The first-order chi connectivity index (χ1) is 10.1. The Labute approximate surface area is 127 Å². The van der Waals surface area contributed by atoms with Gasteiger partial charge in [-0.2, -0.15) is 19.6 Å². The molecular weight excluding hydrogens is 292 g/mol. The highest BCUT2D eigenvalue weighted by Gasteiger charge is 2.24.